The molecule has 0 radical (unpaired) electrons. The number of aliphatic hydroxyl groups excluding tert-OH is 1. The van der Waals surface area contributed by atoms with Crippen LogP contribution in [0.1, 0.15) is 28.7 Å². The predicted molar refractivity (Wildman–Crippen MR) is 105 cm³/mol. The van der Waals surface area contributed by atoms with Gasteiger partial charge in [0.25, 0.3) is 15.8 Å². The third-order valence-corrected chi connectivity index (χ3v) is 5.84. The standard InChI is InChI=1S/C17H19N3O8S2/c1-30(25,26)28-13-6-15(14-10-29-16(8-21)18-14)19(7-13)17(22)27-9-11-2-4-12(5-3-11)20(23)24/h2-5,10,13,15,21H,6-9H2,1H3/t13-,15+/m1/s1. The van der Waals surface area contributed by atoms with Gasteiger partial charge in [-0.25, -0.2) is 9.78 Å². The first-order valence-corrected chi connectivity index (χ1v) is 11.5. The first-order chi connectivity index (χ1) is 14.2. The van der Waals surface area contributed by atoms with E-state index in [1.54, 1.807) is 5.38 Å². The predicted octanol–water partition coefficient (Wildman–Crippen LogP) is 1.97. The highest BCUT2D eigenvalue weighted by Crippen LogP contribution is 2.35. The maximum atomic E-state index is 12.7. The van der Waals surface area contributed by atoms with E-state index >= 15 is 0 Å². The molecule has 1 aliphatic rings. The summed E-state index contributed by atoms with van der Waals surface area (Å²) >= 11 is 1.22. The van der Waals surface area contributed by atoms with Gasteiger partial charge in [0.05, 0.1) is 42.2 Å². The molecule has 3 rings (SSSR count). The van der Waals surface area contributed by atoms with Gasteiger partial charge in [-0.05, 0) is 17.7 Å². The lowest BCUT2D eigenvalue weighted by Gasteiger charge is -2.22. The quantitative estimate of drug-likeness (QED) is 0.374. The van der Waals surface area contributed by atoms with Crippen LogP contribution in [0.5, 0.6) is 0 Å². The monoisotopic (exact) mass is 457 g/mol. The van der Waals surface area contributed by atoms with Crippen LogP contribution in [0, 0.1) is 10.1 Å². The molecule has 162 valence electrons. The molecule has 13 heteroatoms. The maximum absolute atomic E-state index is 12.7. The lowest BCUT2D eigenvalue weighted by atomic mass is 10.1. The normalized spacial score (nSPS) is 19.1. The number of hydrogen-bond acceptors (Lipinski definition) is 10. The summed E-state index contributed by atoms with van der Waals surface area (Å²) in [5.74, 6) is 0. The number of non-ortho nitro benzene ring substituents is 1. The Balaban J connectivity index is 1.71. The molecule has 1 amide bonds. The second-order valence-electron chi connectivity index (χ2n) is 6.63. The summed E-state index contributed by atoms with van der Waals surface area (Å²) in [6, 6.07) is 5.01. The van der Waals surface area contributed by atoms with Crippen LogP contribution in [0.2, 0.25) is 0 Å². The second kappa shape index (κ2) is 9.04. The van der Waals surface area contributed by atoms with Crippen molar-refractivity contribution in [2.24, 2.45) is 0 Å². The molecule has 1 aliphatic heterocycles. The van der Waals surface area contributed by atoms with Crippen molar-refractivity contribution in [3.63, 3.8) is 0 Å². The number of carbonyl (C=O) groups is 1. The van der Waals surface area contributed by atoms with Gasteiger partial charge in [0.15, 0.2) is 0 Å². The number of aromatic nitrogens is 1. The molecule has 11 nitrogen and oxygen atoms in total. The molecule has 0 aliphatic carbocycles. The smallest absolute Gasteiger partial charge is 0.410 e. The number of amides is 1. The summed E-state index contributed by atoms with van der Waals surface area (Å²) < 4.78 is 33.3. The van der Waals surface area contributed by atoms with E-state index < -0.39 is 33.3 Å². The van der Waals surface area contributed by atoms with Gasteiger partial charge in [0, 0.05) is 23.9 Å². The Hall–Kier alpha value is -2.61. The number of hydrogen-bond donors (Lipinski definition) is 1. The highest BCUT2D eigenvalue weighted by molar-refractivity contribution is 7.86. The van der Waals surface area contributed by atoms with Crippen LogP contribution in [0.25, 0.3) is 0 Å². The van der Waals surface area contributed by atoms with Gasteiger partial charge in [0.1, 0.15) is 11.6 Å². The number of carbonyl (C=O) groups excluding carboxylic acids is 1. The number of rotatable bonds is 7. The molecule has 0 spiro atoms. The van der Waals surface area contributed by atoms with Gasteiger partial charge in [-0.3, -0.25) is 19.2 Å². The first kappa shape index (κ1) is 22.1. The van der Waals surface area contributed by atoms with E-state index in [0.717, 1.165) is 6.26 Å². The number of likely N-dealkylation sites (tertiary alicyclic amines) is 1. The zero-order valence-corrected chi connectivity index (χ0v) is 17.5. The van der Waals surface area contributed by atoms with Gasteiger partial charge in [0.2, 0.25) is 0 Å². The largest absolute Gasteiger partial charge is 0.445 e. The molecule has 0 saturated carbocycles. The Morgan fingerprint density at radius 3 is 2.67 bits per heavy atom. The van der Waals surface area contributed by atoms with E-state index in [0.29, 0.717) is 16.3 Å². The van der Waals surface area contributed by atoms with Crippen molar-refractivity contribution >= 4 is 33.2 Å². The summed E-state index contributed by atoms with van der Waals surface area (Å²) in [5.41, 5.74) is 0.995. The first-order valence-electron chi connectivity index (χ1n) is 8.76. The SMILES string of the molecule is CS(=O)(=O)O[C@@H]1C[C@@H](c2csc(CO)n2)N(C(=O)OCc2ccc([N+](=O)[O-])cc2)C1. The fourth-order valence-electron chi connectivity index (χ4n) is 3.09. The van der Waals surface area contributed by atoms with Crippen LogP contribution in [0.15, 0.2) is 29.6 Å². The van der Waals surface area contributed by atoms with Crippen LogP contribution < -0.4 is 0 Å². The minimum Gasteiger partial charge on any atom is -0.445 e. The summed E-state index contributed by atoms with van der Waals surface area (Å²) in [5, 5.41) is 22.1. The average molecular weight is 457 g/mol. The zero-order valence-electron chi connectivity index (χ0n) is 15.8. The van der Waals surface area contributed by atoms with Gasteiger partial charge in [-0.2, -0.15) is 8.42 Å². The minimum atomic E-state index is -3.72. The molecule has 0 unspecified atom stereocenters. The number of nitro benzene ring substituents is 1. The van der Waals surface area contributed by atoms with Crippen molar-refractivity contribution in [3.05, 3.63) is 56.0 Å². The Kier molecular flexibility index (Phi) is 6.65. The molecule has 1 aromatic carbocycles. The molecule has 2 aromatic rings. The molecule has 1 aromatic heterocycles. The van der Waals surface area contributed by atoms with Crippen molar-refractivity contribution in [3.8, 4) is 0 Å². The Morgan fingerprint density at radius 1 is 1.40 bits per heavy atom. The number of nitrogens with zero attached hydrogens (tertiary/aromatic N) is 3. The van der Waals surface area contributed by atoms with Crippen LogP contribution in [-0.2, 0) is 32.3 Å². The van der Waals surface area contributed by atoms with Crippen LogP contribution in [0.3, 0.4) is 0 Å². The highest BCUT2D eigenvalue weighted by atomic mass is 32.2. The van der Waals surface area contributed by atoms with E-state index in [1.807, 2.05) is 0 Å². The highest BCUT2D eigenvalue weighted by Gasteiger charge is 2.40. The van der Waals surface area contributed by atoms with Gasteiger partial charge >= 0.3 is 6.09 Å². The molecule has 1 N–H and O–H groups in total. The van der Waals surface area contributed by atoms with Crippen LogP contribution in [-0.4, -0.2) is 53.3 Å². The second-order valence-corrected chi connectivity index (χ2v) is 9.17. The summed E-state index contributed by atoms with van der Waals surface area (Å²) in [7, 11) is -3.72. The third-order valence-electron chi connectivity index (χ3n) is 4.36. The Morgan fingerprint density at radius 2 is 2.10 bits per heavy atom. The van der Waals surface area contributed by atoms with Gasteiger partial charge in [-0.1, -0.05) is 0 Å². The van der Waals surface area contributed by atoms with Crippen molar-refractivity contribution in [1.82, 2.24) is 9.88 Å². The molecular weight excluding hydrogens is 438 g/mol. The molecule has 1 fully saturated rings. The van der Waals surface area contributed by atoms with Crippen molar-refractivity contribution < 1.29 is 32.2 Å². The third kappa shape index (κ3) is 5.50. The number of ether oxygens (including phenoxy) is 1. The number of aliphatic hydroxyl groups is 1. The lowest BCUT2D eigenvalue weighted by Crippen LogP contribution is -2.33. The van der Waals surface area contributed by atoms with E-state index in [9.17, 15) is 28.4 Å². The van der Waals surface area contributed by atoms with E-state index in [2.05, 4.69) is 4.98 Å². The number of benzene rings is 1. The average Bonchev–Trinajstić information content (AvgIpc) is 3.31. The topological polar surface area (TPSA) is 149 Å². The lowest BCUT2D eigenvalue weighted by molar-refractivity contribution is -0.384. The molecule has 0 bridgehead atoms. The molecule has 2 atom stereocenters. The summed E-state index contributed by atoms with van der Waals surface area (Å²) in [6.45, 7) is -0.370. The van der Waals surface area contributed by atoms with Crippen molar-refractivity contribution in [2.45, 2.75) is 31.8 Å². The van der Waals surface area contributed by atoms with Crippen molar-refractivity contribution in [2.75, 3.05) is 12.8 Å². The van der Waals surface area contributed by atoms with Crippen LogP contribution in [0.4, 0.5) is 10.5 Å². The maximum Gasteiger partial charge on any atom is 0.410 e. The van der Waals surface area contributed by atoms with E-state index in [4.69, 9.17) is 8.92 Å². The fourth-order valence-corrected chi connectivity index (χ4v) is 4.42. The number of nitro groups is 1. The van der Waals surface area contributed by atoms with Gasteiger partial charge < -0.3 is 9.84 Å². The van der Waals surface area contributed by atoms with Crippen LogP contribution >= 0.6 is 11.3 Å². The zero-order chi connectivity index (χ0) is 21.9. The Bertz CT molecular complexity index is 1020. The molecular formula is C17H19N3O8S2. The minimum absolute atomic E-state index is 0.0111. The van der Waals surface area contributed by atoms with Crippen molar-refractivity contribution in [1.29, 1.82) is 0 Å². The summed E-state index contributed by atoms with van der Waals surface area (Å²) in [6.07, 6.45) is -0.314. The molecule has 1 saturated heterocycles. The fraction of sp³-hybridized carbons (Fsp3) is 0.412. The molecule has 2 heterocycles. The van der Waals surface area contributed by atoms with Gasteiger partial charge in [-0.15, -0.1) is 11.3 Å². The van der Waals surface area contributed by atoms with E-state index in [1.165, 1.54) is 40.5 Å². The Labute approximate surface area is 176 Å². The molecule has 30 heavy (non-hydrogen) atoms. The van der Waals surface area contributed by atoms with E-state index in [-0.39, 0.29) is 31.9 Å². The summed E-state index contributed by atoms with van der Waals surface area (Å²) in [4.78, 5) is 28.5. The number of thiazole rings is 1.